The van der Waals surface area contributed by atoms with E-state index in [1.807, 2.05) is 36.4 Å². The monoisotopic (exact) mass is 500 g/mol. The first-order valence-corrected chi connectivity index (χ1v) is 11.3. The SMILES string of the molecule is O=C(O)/C=C/C(=O)Nc1cccc(SC(C(=O)Nc2cccc(Cl)c2Cl)c2ccccc2)c1. The van der Waals surface area contributed by atoms with E-state index >= 15 is 0 Å². The molecule has 3 rings (SSSR count). The van der Waals surface area contributed by atoms with Gasteiger partial charge in [0.1, 0.15) is 5.25 Å². The average molecular weight is 501 g/mol. The quantitative estimate of drug-likeness (QED) is 0.258. The van der Waals surface area contributed by atoms with Crippen LogP contribution in [-0.4, -0.2) is 22.9 Å². The molecule has 0 heterocycles. The first kappa shape index (κ1) is 24.4. The van der Waals surface area contributed by atoms with Crippen LogP contribution in [-0.2, 0) is 14.4 Å². The lowest BCUT2D eigenvalue weighted by molar-refractivity contribution is -0.131. The molecule has 0 aliphatic rings. The largest absolute Gasteiger partial charge is 0.478 e. The molecule has 1 atom stereocenters. The second kappa shape index (κ2) is 11.6. The van der Waals surface area contributed by atoms with Crippen LogP contribution in [0.2, 0.25) is 10.0 Å². The summed E-state index contributed by atoms with van der Waals surface area (Å²) < 4.78 is 0. The van der Waals surface area contributed by atoms with Crippen molar-refractivity contribution in [3.63, 3.8) is 0 Å². The van der Waals surface area contributed by atoms with Gasteiger partial charge in [0.15, 0.2) is 0 Å². The molecule has 0 aliphatic carbocycles. The van der Waals surface area contributed by atoms with Gasteiger partial charge in [-0.2, -0.15) is 0 Å². The Kier molecular flexibility index (Phi) is 8.54. The molecule has 0 fully saturated rings. The number of thioether (sulfide) groups is 1. The van der Waals surface area contributed by atoms with Crippen molar-refractivity contribution in [2.24, 2.45) is 0 Å². The standard InChI is InChI=1S/C24H18Cl2N2O4S/c25-18-10-5-11-19(22(18)26)28-24(32)23(15-6-2-1-3-7-15)33-17-9-4-8-16(14-17)27-20(29)12-13-21(30)31/h1-14,23H,(H,27,29)(H,28,32)(H,30,31)/b13-12+. The minimum absolute atomic E-state index is 0.253. The summed E-state index contributed by atoms with van der Waals surface area (Å²) in [5, 5.41) is 14.0. The molecule has 3 N–H and O–H groups in total. The molecule has 3 aromatic carbocycles. The van der Waals surface area contributed by atoms with Gasteiger partial charge in [-0.1, -0.05) is 65.7 Å². The number of anilines is 2. The Morgan fingerprint density at radius 1 is 0.879 bits per heavy atom. The normalized spacial score (nSPS) is 11.7. The highest BCUT2D eigenvalue weighted by atomic mass is 35.5. The lowest BCUT2D eigenvalue weighted by Crippen LogP contribution is -2.19. The number of nitrogens with one attached hydrogen (secondary N) is 2. The maximum atomic E-state index is 13.2. The van der Waals surface area contributed by atoms with Crippen LogP contribution < -0.4 is 10.6 Å². The molecule has 0 bridgehead atoms. The summed E-state index contributed by atoms with van der Waals surface area (Å²) >= 11 is 13.6. The van der Waals surface area contributed by atoms with Crippen molar-refractivity contribution in [3.05, 3.63) is 101 Å². The van der Waals surface area contributed by atoms with Crippen LogP contribution in [0.4, 0.5) is 11.4 Å². The topological polar surface area (TPSA) is 95.5 Å². The van der Waals surface area contributed by atoms with Crippen LogP contribution in [0.25, 0.3) is 0 Å². The van der Waals surface area contributed by atoms with Gasteiger partial charge in [-0.3, -0.25) is 9.59 Å². The number of carbonyl (C=O) groups is 3. The van der Waals surface area contributed by atoms with Gasteiger partial charge in [0.2, 0.25) is 11.8 Å². The summed E-state index contributed by atoms with van der Waals surface area (Å²) in [6.45, 7) is 0. The molecule has 3 aromatic rings. The lowest BCUT2D eigenvalue weighted by Gasteiger charge is -2.18. The molecule has 0 aromatic heterocycles. The first-order chi connectivity index (χ1) is 15.8. The third-order valence-corrected chi connectivity index (χ3v) is 6.35. The van der Waals surface area contributed by atoms with Gasteiger partial charge in [-0.15, -0.1) is 11.8 Å². The molecule has 33 heavy (non-hydrogen) atoms. The van der Waals surface area contributed by atoms with E-state index in [1.54, 1.807) is 36.4 Å². The zero-order valence-corrected chi connectivity index (χ0v) is 19.3. The van der Waals surface area contributed by atoms with Crippen molar-refractivity contribution >= 4 is 64.1 Å². The van der Waals surface area contributed by atoms with Gasteiger partial charge in [0.05, 0.1) is 15.7 Å². The molecule has 0 spiro atoms. The predicted molar refractivity (Wildman–Crippen MR) is 132 cm³/mol. The Hall–Kier alpha value is -3.26. The highest BCUT2D eigenvalue weighted by Gasteiger charge is 2.23. The van der Waals surface area contributed by atoms with Gasteiger partial charge in [0, 0.05) is 22.7 Å². The first-order valence-electron chi connectivity index (χ1n) is 9.62. The number of hydrogen-bond acceptors (Lipinski definition) is 4. The highest BCUT2D eigenvalue weighted by Crippen LogP contribution is 2.38. The number of benzene rings is 3. The third-order valence-electron chi connectivity index (χ3n) is 4.28. The fourth-order valence-corrected chi connectivity index (χ4v) is 4.24. The second-order valence-corrected chi connectivity index (χ2v) is 8.65. The Bertz CT molecular complexity index is 1200. The van der Waals surface area contributed by atoms with E-state index < -0.39 is 17.1 Å². The minimum atomic E-state index is -1.22. The van der Waals surface area contributed by atoms with Crippen LogP contribution >= 0.6 is 35.0 Å². The maximum absolute atomic E-state index is 13.2. The van der Waals surface area contributed by atoms with E-state index in [0.717, 1.165) is 22.6 Å². The number of carbonyl (C=O) groups excluding carboxylic acids is 2. The number of amides is 2. The van der Waals surface area contributed by atoms with E-state index in [-0.39, 0.29) is 10.9 Å². The number of hydrogen-bond donors (Lipinski definition) is 3. The summed E-state index contributed by atoms with van der Waals surface area (Å²) in [6.07, 6.45) is 1.68. The number of rotatable bonds is 8. The van der Waals surface area contributed by atoms with Gasteiger partial charge >= 0.3 is 5.97 Å². The molecule has 0 saturated carbocycles. The second-order valence-electron chi connectivity index (χ2n) is 6.69. The van der Waals surface area contributed by atoms with E-state index in [1.165, 1.54) is 11.8 Å². The molecular formula is C24H18Cl2N2O4S. The van der Waals surface area contributed by atoms with Gasteiger partial charge in [0.25, 0.3) is 0 Å². The summed E-state index contributed by atoms with van der Waals surface area (Å²) in [4.78, 5) is 36.4. The summed E-state index contributed by atoms with van der Waals surface area (Å²) in [5.74, 6) is -2.09. The van der Waals surface area contributed by atoms with Crippen LogP contribution in [0, 0.1) is 0 Å². The fourth-order valence-electron chi connectivity index (χ4n) is 2.81. The Morgan fingerprint density at radius 3 is 2.33 bits per heavy atom. The molecule has 168 valence electrons. The Balaban J connectivity index is 1.83. The van der Waals surface area contributed by atoms with Crippen LogP contribution in [0.5, 0.6) is 0 Å². The Labute approximate surface area is 204 Å². The number of aliphatic carboxylic acids is 1. The summed E-state index contributed by atoms with van der Waals surface area (Å²) in [6, 6.07) is 21.1. The van der Waals surface area contributed by atoms with E-state index in [0.29, 0.717) is 16.4 Å². The summed E-state index contributed by atoms with van der Waals surface area (Å²) in [5.41, 5.74) is 1.64. The van der Waals surface area contributed by atoms with Crippen molar-refractivity contribution in [2.75, 3.05) is 10.6 Å². The van der Waals surface area contributed by atoms with Crippen LogP contribution in [0.1, 0.15) is 10.8 Å². The number of carboxylic acids is 1. The zero-order chi connectivity index (χ0) is 23.8. The highest BCUT2D eigenvalue weighted by molar-refractivity contribution is 8.00. The minimum Gasteiger partial charge on any atom is -0.478 e. The third kappa shape index (κ3) is 7.12. The van der Waals surface area contributed by atoms with E-state index in [9.17, 15) is 14.4 Å². The molecule has 2 amide bonds. The van der Waals surface area contributed by atoms with Gasteiger partial charge < -0.3 is 15.7 Å². The smallest absolute Gasteiger partial charge is 0.328 e. The van der Waals surface area contributed by atoms with Crippen molar-refractivity contribution < 1.29 is 19.5 Å². The lowest BCUT2D eigenvalue weighted by atomic mass is 10.1. The number of halogens is 2. The van der Waals surface area contributed by atoms with Crippen molar-refractivity contribution in [1.82, 2.24) is 0 Å². The summed E-state index contributed by atoms with van der Waals surface area (Å²) in [7, 11) is 0. The van der Waals surface area contributed by atoms with Gasteiger partial charge in [-0.05, 0) is 35.9 Å². The zero-order valence-electron chi connectivity index (χ0n) is 17.0. The average Bonchev–Trinajstić information content (AvgIpc) is 2.80. The molecule has 0 radical (unpaired) electrons. The van der Waals surface area contributed by atoms with Crippen molar-refractivity contribution in [2.45, 2.75) is 10.1 Å². The maximum Gasteiger partial charge on any atom is 0.328 e. The fraction of sp³-hybridized carbons (Fsp3) is 0.0417. The molecule has 9 heteroatoms. The molecule has 6 nitrogen and oxygen atoms in total. The molecule has 1 unspecified atom stereocenters. The molecule has 0 aliphatic heterocycles. The van der Waals surface area contributed by atoms with Crippen LogP contribution in [0.15, 0.2) is 89.8 Å². The molecular weight excluding hydrogens is 483 g/mol. The van der Waals surface area contributed by atoms with E-state index in [2.05, 4.69) is 10.6 Å². The predicted octanol–water partition coefficient (Wildman–Crippen LogP) is 6.04. The molecule has 0 saturated heterocycles. The van der Waals surface area contributed by atoms with Crippen molar-refractivity contribution in [3.8, 4) is 0 Å². The van der Waals surface area contributed by atoms with Crippen molar-refractivity contribution in [1.29, 1.82) is 0 Å². The van der Waals surface area contributed by atoms with E-state index in [4.69, 9.17) is 28.3 Å². The van der Waals surface area contributed by atoms with Gasteiger partial charge in [-0.25, -0.2) is 4.79 Å². The van der Waals surface area contributed by atoms with Crippen LogP contribution in [0.3, 0.4) is 0 Å². The number of carboxylic acid groups (broad SMARTS) is 1. The Morgan fingerprint density at radius 2 is 1.61 bits per heavy atom.